The van der Waals surface area contributed by atoms with Crippen molar-refractivity contribution in [1.82, 2.24) is 4.90 Å². The summed E-state index contributed by atoms with van der Waals surface area (Å²) in [6.07, 6.45) is 2.80. The number of nitrogens with zero attached hydrogens (tertiary/aromatic N) is 1. The molecule has 3 nitrogen and oxygen atoms in total. The molecule has 0 heterocycles. The standard InChI is InChI=1S/C14H21NO2S/c1-12(18-3)14(16)15(2)10-7-11-17-13-8-5-4-6-9-13/h4-6,8-9,12H,7,10-11H2,1-3H3/t12-/m1/s1. The minimum Gasteiger partial charge on any atom is -0.494 e. The molecular weight excluding hydrogens is 246 g/mol. The van der Waals surface area contributed by atoms with Crippen molar-refractivity contribution in [2.75, 3.05) is 26.5 Å². The fourth-order valence-corrected chi connectivity index (χ4v) is 1.91. The monoisotopic (exact) mass is 267 g/mol. The number of carbonyl (C=O) groups is 1. The molecule has 0 saturated heterocycles. The van der Waals surface area contributed by atoms with Crippen molar-refractivity contribution in [3.63, 3.8) is 0 Å². The average molecular weight is 267 g/mol. The van der Waals surface area contributed by atoms with Gasteiger partial charge in [-0.1, -0.05) is 18.2 Å². The van der Waals surface area contributed by atoms with Crippen LogP contribution in [0.15, 0.2) is 30.3 Å². The van der Waals surface area contributed by atoms with E-state index in [0.29, 0.717) is 6.61 Å². The second-order valence-corrected chi connectivity index (χ2v) is 5.33. The molecule has 0 aliphatic heterocycles. The molecule has 0 spiro atoms. The van der Waals surface area contributed by atoms with E-state index >= 15 is 0 Å². The molecule has 1 aromatic rings. The predicted octanol–water partition coefficient (Wildman–Crippen LogP) is 2.67. The Balaban J connectivity index is 2.20. The van der Waals surface area contributed by atoms with Crippen LogP contribution in [0.25, 0.3) is 0 Å². The number of benzene rings is 1. The zero-order valence-corrected chi connectivity index (χ0v) is 12.1. The molecule has 0 aliphatic carbocycles. The first-order valence-corrected chi connectivity index (χ1v) is 7.39. The third kappa shape index (κ3) is 5.00. The second kappa shape index (κ2) is 8.03. The van der Waals surface area contributed by atoms with Gasteiger partial charge in [-0.05, 0) is 31.7 Å². The van der Waals surface area contributed by atoms with Gasteiger partial charge in [-0.3, -0.25) is 4.79 Å². The summed E-state index contributed by atoms with van der Waals surface area (Å²) in [6, 6.07) is 9.73. The topological polar surface area (TPSA) is 29.5 Å². The lowest BCUT2D eigenvalue weighted by Gasteiger charge is -2.20. The Morgan fingerprint density at radius 1 is 1.39 bits per heavy atom. The smallest absolute Gasteiger partial charge is 0.235 e. The Morgan fingerprint density at radius 2 is 2.06 bits per heavy atom. The van der Waals surface area contributed by atoms with Gasteiger partial charge in [0.25, 0.3) is 0 Å². The van der Waals surface area contributed by atoms with E-state index in [1.54, 1.807) is 16.7 Å². The molecule has 1 atom stereocenters. The second-order valence-electron chi connectivity index (χ2n) is 4.15. The summed E-state index contributed by atoms with van der Waals surface area (Å²) in [5.41, 5.74) is 0. The summed E-state index contributed by atoms with van der Waals surface area (Å²) >= 11 is 1.57. The summed E-state index contributed by atoms with van der Waals surface area (Å²) < 4.78 is 5.58. The van der Waals surface area contributed by atoms with E-state index in [-0.39, 0.29) is 11.2 Å². The van der Waals surface area contributed by atoms with Gasteiger partial charge in [-0.15, -0.1) is 0 Å². The van der Waals surface area contributed by atoms with Crippen LogP contribution in [-0.4, -0.2) is 42.5 Å². The van der Waals surface area contributed by atoms with E-state index in [1.807, 2.05) is 50.6 Å². The predicted molar refractivity (Wildman–Crippen MR) is 77.2 cm³/mol. The minimum atomic E-state index is 0.0324. The van der Waals surface area contributed by atoms with Crippen LogP contribution >= 0.6 is 11.8 Å². The van der Waals surface area contributed by atoms with Gasteiger partial charge in [0.2, 0.25) is 5.91 Å². The molecule has 0 saturated carbocycles. The number of amides is 1. The molecule has 0 aliphatic rings. The first-order valence-electron chi connectivity index (χ1n) is 6.10. The van der Waals surface area contributed by atoms with Gasteiger partial charge in [0, 0.05) is 13.6 Å². The minimum absolute atomic E-state index is 0.0324. The third-order valence-electron chi connectivity index (χ3n) is 2.73. The van der Waals surface area contributed by atoms with E-state index in [2.05, 4.69) is 0 Å². The van der Waals surface area contributed by atoms with Crippen LogP contribution in [0.5, 0.6) is 5.75 Å². The van der Waals surface area contributed by atoms with E-state index in [0.717, 1.165) is 18.7 Å². The highest BCUT2D eigenvalue weighted by Gasteiger charge is 2.15. The first-order chi connectivity index (χ1) is 8.65. The lowest BCUT2D eigenvalue weighted by molar-refractivity contribution is -0.129. The molecule has 4 heteroatoms. The molecular formula is C14H21NO2S. The van der Waals surface area contributed by atoms with Gasteiger partial charge in [0.05, 0.1) is 11.9 Å². The van der Waals surface area contributed by atoms with Gasteiger partial charge in [-0.2, -0.15) is 11.8 Å². The van der Waals surface area contributed by atoms with Gasteiger partial charge in [-0.25, -0.2) is 0 Å². The average Bonchev–Trinajstić information content (AvgIpc) is 2.42. The lowest BCUT2D eigenvalue weighted by atomic mass is 10.3. The Labute approximate surface area is 114 Å². The van der Waals surface area contributed by atoms with Crippen molar-refractivity contribution in [1.29, 1.82) is 0 Å². The Morgan fingerprint density at radius 3 is 2.67 bits per heavy atom. The molecule has 1 amide bonds. The fraction of sp³-hybridized carbons (Fsp3) is 0.500. The Bertz CT molecular complexity index is 356. The Hall–Kier alpha value is -1.16. The molecule has 0 radical (unpaired) electrons. The molecule has 1 rings (SSSR count). The van der Waals surface area contributed by atoms with Gasteiger partial charge >= 0.3 is 0 Å². The number of para-hydroxylation sites is 1. The molecule has 0 aromatic heterocycles. The van der Waals surface area contributed by atoms with Crippen LogP contribution in [0, 0.1) is 0 Å². The number of carbonyl (C=O) groups excluding carboxylic acids is 1. The van der Waals surface area contributed by atoms with Gasteiger partial charge in [0.15, 0.2) is 0 Å². The SMILES string of the molecule is CS[C@H](C)C(=O)N(C)CCCOc1ccccc1. The maximum atomic E-state index is 11.8. The van der Waals surface area contributed by atoms with Crippen LogP contribution in [0.3, 0.4) is 0 Å². The maximum Gasteiger partial charge on any atom is 0.235 e. The van der Waals surface area contributed by atoms with Crippen molar-refractivity contribution in [3.05, 3.63) is 30.3 Å². The number of hydrogen-bond acceptors (Lipinski definition) is 3. The molecule has 0 N–H and O–H groups in total. The molecule has 0 fully saturated rings. The Kier molecular flexibility index (Phi) is 6.65. The van der Waals surface area contributed by atoms with E-state index in [1.165, 1.54) is 0 Å². The van der Waals surface area contributed by atoms with Crippen molar-refractivity contribution in [3.8, 4) is 5.75 Å². The number of rotatable bonds is 7. The quantitative estimate of drug-likeness (QED) is 0.711. The highest BCUT2D eigenvalue weighted by atomic mass is 32.2. The van der Waals surface area contributed by atoms with Crippen LogP contribution in [-0.2, 0) is 4.79 Å². The maximum absolute atomic E-state index is 11.8. The molecule has 1 aromatic carbocycles. The first kappa shape index (κ1) is 14.9. The largest absolute Gasteiger partial charge is 0.494 e. The molecule has 100 valence electrons. The highest BCUT2D eigenvalue weighted by Crippen LogP contribution is 2.10. The van der Waals surface area contributed by atoms with Crippen LogP contribution in [0.2, 0.25) is 0 Å². The summed E-state index contributed by atoms with van der Waals surface area (Å²) in [5.74, 6) is 1.06. The van der Waals surface area contributed by atoms with E-state index < -0.39 is 0 Å². The zero-order valence-electron chi connectivity index (χ0n) is 11.3. The lowest BCUT2D eigenvalue weighted by Crippen LogP contribution is -2.34. The normalized spacial score (nSPS) is 11.9. The zero-order chi connectivity index (χ0) is 13.4. The van der Waals surface area contributed by atoms with Crippen LogP contribution in [0.1, 0.15) is 13.3 Å². The number of thioether (sulfide) groups is 1. The molecule has 0 bridgehead atoms. The molecule has 0 unspecified atom stereocenters. The summed E-state index contributed by atoms with van der Waals surface area (Å²) in [5, 5.41) is 0.0324. The number of hydrogen-bond donors (Lipinski definition) is 0. The summed E-state index contributed by atoms with van der Waals surface area (Å²) in [4.78, 5) is 13.6. The van der Waals surface area contributed by atoms with Crippen LogP contribution in [0.4, 0.5) is 0 Å². The van der Waals surface area contributed by atoms with Gasteiger partial charge in [0.1, 0.15) is 5.75 Å². The van der Waals surface area contributed by atoms with Crippen LogP contribution < -0.4 is 4.74 Å². The van der Waals surface area contributed by atoms with Crippen molar-refractivity contribution < 1.29 is 9.53 Å². The molecule has 18 heavy (non-hydrogen) atoms. The van der Waals surface area contributed by atoms with Crippen molar-refractivity contribution in [2.45, 2.75) is 18.6 Å². The van der Waals surface area contributed by atoms with E-state index in [4.69, 9.17) is 4.74 Å². The fourth-order valence-electron chi connectivity index (χ4n) is 1.53. The third-order valence-corrected chi connectivity index (χ3v) is 3.64. The highest BCUT2D eigenvalue weighted by molar-refractivity contribution is 7.99. The van der Waals surface area contributed by atoms with Crippen molar-refractivity contribution in [2.24, 2.45) is 0 Å². The van der Waals surface area contributed by atoms with Crippen molar-refractivity contribution >= 4 is 17.7 Å². The van der Waals surface area contributed by atoms with Gasteiger partial charge < -0.3 is 9.64 Å². The summed E-state index contributed by atoms with van der Waals surface area (Å²) in [6.45, 7) is 3.30. The number of ether oxygens (including phenoxy) is 1. The summed E-state index contributed by atoms with van der Waals surface area (Å²) in [7, 11) is 1.84. The van der Waals surface area contributed by atoms with E-state index in [9.17, 15) is 4.79 Å².